The van der Waals surface area contributed by atoms with Crippen LogP contribution in [0, 0.1) is 0 Å². The smallest absolute Gasteiger partial charge is 0.186 e. The van der Waals surface area contributed by atoms with Crippen molar-refractivity contribution in [1.29, 1.82) is 0 Å². The zero-order valence-electron chi connectivity index (χ0n) is 8.11. The van der Waals surface area contributed by atoms with E-state index in [0.29, 0.717) is 22.4 Å². The van der Waals surface area contributed by atoms with Gasteiger partial charge in [0.1, 0.15) is 16.7 Å². The first kappa shape index (κ1) is 12.0. The van der Waals surface area contributed by atoms with Crippen molar-refractivity contribution >= 4 is 40.4 Å². The average molecular weight is 244 g/mol. The standard InChI is InChI=1S/C9H10ClN3OS/c1-6(14)15-4-2-3-7-9(11)12-5-8(10)13-7/h2-3,5H,4H2,1H3,(H2,11,12). The van der Waals surface area contributed by atoms with Crippen molar-refractivity contribution in [2.75, 3.05) is 11.5 Å². The third-order valence-corrected chi connectivity index (χ3v) is 2.41. The molecule has 0 atom stereocenters. The predicted molar refractivity (Wildman–Crippen MR) is 63.6 cm³/mol. The van der Waals surface area contributed by atoms with Gasteiger partial charge in [-0.25, -0.2) is 9.97 Å². The SMILES string of the molecule is CC(=O)SCC=Cc1nc(Cl)cnc1N. The summed E-state index contributed by atoms with van der Waals surface area (Å²) in [6.07, 6.45) is 4.88. The molecule has 2 N–H and O–H groups in total. The van der Waals surface area contributed by atoms with Crippen LogP contribution < -0.4 is 5.73 Å². The van der Waals surface area contributed by atoms with E-state index in [-0.39, 0.29) is 5.12 Å². The Morgan fingerprint density at radius 3 is 3.13 bits per heavy atom. The fourth-order valence-corrected chi connectivity index (χ4v) is 1.41. The molecular weight excluding hydrogens is 234 g/mol. The van der Waals surface area contributed by atoms with Crippen molar-refractivity contribution in [3.63, 3.8) is 0 Å². The quantitative estimate of drug-likeness (QED) is 0.880. The van der Waals surface area contributed by atoms with Gasteiger partial charge in [-0.3, -0.25) is 4.79 Å². The van der Waals surface area contributed by atoms with E-state index >= 15 is 0 Å². The maximum absolute atomic E-state index is 10.6. The van der Waals surface area contributed by atoms with E-state index in [4.69, 9.17) is 17.3 Å². The molecule has 0 unspecified atom stereocenters. The van der Waals surface area contributed by atoms with Crippen LogP contribution in [-0.4, -0.2) is 20.8 Å². The van der Waals surface area contributed by atoms with Crippen LogP contribution in [-0.2, 0) is 4.79 Å². The topological polar surface area (TPSA) is 68.9 Å². The first-order chi connectivity index (χ1) is 7.09. The number of carbonyl (C=O) groups excluding carboxylic acids is 1. The molecule has 0 aliphatic heterocycles. The highest BCUT2D eigenvalue weighted by Gasteiger charge is 1.99. The zero-order chi connectivity index (χ0) is 11.3. The number of nitrogens with zero attached hydrogens (tertiary/aromatic N) is 2. The van der Waals surface area contributed by atoms with Crippen molar-refractivity contribution in [3.05, 3.63) is 23.1 Å². The number of rotatable bonds is 3. The average Bonchev–Trinajstić information content (AvgIpc) is 2.17. The molecule has 0 spiro atoms. The molecule has 0 amide bonds. The molecule has 15 heavy (non-hydrogen) atoms. The molecule has 0 aromatic carbocycles. The van der Waals surface area contributed by atoms with Gasteiger partial charge in [-0.2, -0.15) is 0 Å². The summed E-state index contributed by atoms with van der Waals surface area (Å²) in [5.41, 5.74) is 6.09. The monoisotopic (exact) mass is 243 g/mol. The molecule has 1 rings (SSSR count). The second-order valence-electron chi connectivity index (χ2n) is 2.67. The first-order valence-corrected chi connectivity index (χ1v) is 5.54. The van der Waals surface area contributed by atoms with Crippen molar-refractivity contribution in [1.82, 2.24) is 9.97 Å². The fourth-order valence-electron chi connectivity index (χ4n) is 0.838. The molecule has 1 aromatic heterocycles. The second-order valence-corrected chi connectivity index (χ2v) is 4.25. The van der Waals surface area contributed by atoms with Crippen LogP contribution in [0.1, 0.15) is 12.6 Å². The van der Waals surface area contributed by atoms with E-state index in [9.17, 15) is 4.79 Å². The number of hydrogen-bond acceptors (Lipinski definition) is 5. The van der Waals surface area contributed by atoms with Gasteiger partial charge in [-0.15, -0.1) is 0 Å². The van der Waals surface area contributed by atoms with Gasteiger partial charge < -0.3 is 5.73 Å². The Hall–Kier alpha value is -1.07. The van der Waals surface area contributed by atoms with Gasteiger partial charge in [0.15, 0.2) is 5.12 Å². The summed E-state index contributed by atoms with van der Waals surface area (Å²) in [7, 11) is 0. The normalized spacial score (nSPS) is 10.8. The molecule has 6 heteroatoms. The van der Waals surface area contributed by atoms with Gasteiger partial charge in [-0.1, -0.05) is 29.4 Å². The van der Waals surface area contributed by atoms with Crippen LogP contribution in [0.3, 0.4) is 0 Å². The van der Waals surface area contributed by atoms with E-state index < -0.39 is 0 Å². The van der Waals surface area contributed by atoms with Gasteiger partial charge in [-0.05, 0) is 6.08 Å². The Kier molecular flexibility index (Phi) is 4.58. The number of carbonyl (C=O) groups is 1. The minimum atomic E-state index is 0.0739. The summed E-state index contributed by atoms with van der Waals surface area (Å²) in [6, 6.07) is 0. The summed E-state index contributed by atoms with van der Waals surface area (Å²) >= 11 is 6.87. The lowest BCUT2D eigenvalue weighted by Gasteiger charge is -1.97. The van der Waals surface area contributed by atoms with Crippen LogP contribution in [0.4, 0.5) is 5.82 Å². The minimum Gasteiger partial charge on any atom is -0.382 e. The third-order valence-electron chi connectivity index (χ3n) is 1.46. The molecule has 1 aromatic rings. The minimum absolute atomic E-state index is 0.0739. The highest BCUT2D eigenvalue weighted by atomic mass is 35.5. The Bertz CT molecular complexity index is 395. The number of thioether (sulfide) groups is 1. The lowest BCUT2D eigenvalue weighted by molar-refractivity contribution is -0.109. The first-order valence-electron chi connectivity index (χ1n) is 4.17. The number of nitrogen functional groups attached to an aromatic ring is 1. The summed E-state index contributed by atoms with van der Waals surface area (Å²) in [6.45, 7) is 1.52. The van der Waals surface area contributed by atoms with Gasteiger partial charge in [0.05, 0.1) is 6.20 Å². The van der Waals surface area contributed by atoms with E-state index in [1.165, 1.54) is 24.9 Å². The lowest BCUT2D eigenvalue weighted by atomic mass is 10.4. The maximum Gasteiger partial charge on any atom is 0.186 e. The Morgan fingerprint density at radius 1 is 1.73 bits per heavy atom. The molecule has 0 saturated heterocycles. The highest BCUT2D eigenvalue weighted by molar-refractivity contribution is 8.13. The number of nitrogens with two attached hydrogens (primary N) is 1. The molecule has 0 aliphatic carbocycles. The van der Waals surface area contributed by atoms with E-state index in [2.05, 4.69) is 9.97 Å². The second kappa shape index (κ2) is 5.72. The Balaban J connectivity index is 2.63. The molecule has 0 radical (unpaired) electrons. The van der Waals surface area contributed by atoms with Crippen LogP contribution in [0.2, 0.25) is 5.15 Å². The number of aromatic nitrogens is 2. The van der Waals surface area contributed by atoms with Crippen LogP contribution in [0.15, 0.2) is 12.3 Å². The Labute approximate surface area is 96.9 Å². The molecule has 0 aliphatic rings. The maximum atomic E-state index is 10.6. The van der Waals surface area contributed by atoms with Gasteiger partial charge in [0.2, 0.25) is 0 Å². The summed E-state index contributed by atoms with van der Waals surface area (Å²) < 4.78 is 0. The molecule has 80 valence electrons. The molecular formula is C9H10ClN3OS. The molecule has 1 heterocycles. The molecule has 0 saturated carbocycles. The fraction of sp³-hybridized carbons (Fsp3) is 0.222. The van der Waals surface area contributed by atoms with E-state index in [1.807, 2.05) is 0 Å². The van der Waals surface area contributed by atoms with Gasteiger partial charge >= 0.3 is 0 Å². The van der Waals surface area contributed by atoms with Crippen LogP contribution in [0.5, 0.6) is 0 Å². The number of halogens is 1. The van der Waals surface area contributed by atoms with Gasteiger partial charge in [0.25, 0.3) is 0 Å². The van der Waals surface area contributed by atoms with E-state index in [0.717, 1.165) is 0 Å². The van der Waals surface area contributed by atoms with E-state index in [1.54, 1.807) is 12.2 Å². The summed E-state index contributed by atoms with van der Waals surface area (Å²) in [5.74, 6) is 0.909. The van der Waals surface area contributed by atoms with Crippen LogP contribution >= 0.6 is 23.4 Å². The third kappa shape index (κ3) is 4.31. The summed E-state index contributed by atoms with van der Waals surface area (Å²) in [5, 5.41) is 0.368. The van der Waals surface area contributed by atoms with Crippen LogP contribution in [0.25, 0.3) is 6.08 Å². The van der Waals surface area contributed by atoms with Gasteiger partial charge in [0, 0.05) is 12.7 Å². The lowest BCUT2D eigenvalue weighted by Crippen LogP contribution is -1.96. The molecule has 0 fully saturated rings. The Morgan fingerprint density at radius 2 is 2.47 bits per heavy atom. The predicted octanol–water partition coefficient (Wildman–Crippen LogP) is 2.01. The number of anilines is 1. The highest BCUT2D eigenvalue weighted by Crippen LogP contribution is 2.12. The number of hydrogen-bond donors (Lipinski definition) is 1. The van der Waals surface area contributed by atoms with Crippen molar-refractivity contribution < 1.29 is 4.79 Å². The van der Waals surface area contributed by atoms with Crippen molar-refractivity contribution in [2.45, 2.75) is 6.92 Å². The largest absolute Gasteiger partial charge is 0.382 e. The zero-order valence-corrected chi connectivity index (χ0v) is 9.68. The van der Waals surface area contributed by atoms with Crippen molar-refractivity contribution in [3.8, 4) is 0 Å². The van der Waals surface area contributed by atoms with Crippen molar-refractivity contribution in [2.24, 2.45) is 0 Å². The molecule has 0 bridgehead atoms. The summed E-state index contributed by atoms with van der Waals surface area (Å²) in [4.78, 5) is 18.5. The molecule has 4 nitrogen and oxygen atoms in total.